The number of likely N-dealkylation sites (tertiary alicyclic amines) is 1. The van der Waals surface area contributed by atoms with E-state index < -0.39 is 0 Å². The average Bonchev–Trinajstić information content (AvgIpc) is 2.82. The van der Waals surface area contributed by atoms with Crippen molar-refractivity contribution in [2.45, 2.75) is 46.2 Å². The van der Waals surface area contributed by atoms with Crippen molar-refractivity contribution >= 4 is 0 Å². The van der Waals surface area contributed by atoms with Gasteiger partial charge in [0.15, 0.2) is 0 Å². The van der Waals surface area contributed by atoms with Crippen molar-refractivity contribution in [2.24, 2.45) is 5.92 Å². The maximum Gasteiger partial charge on any atom is 0.129 e. The van der Waals surface area contributed by atoms with E-state index in [0.29, 0.717) is 6.04 Å². The Morgan fingerprint density at radius 3 is 2.90 bits per heavy atom. The molecule has 1 aliphatic rings. The highest BCUT2D eigenvalue weighted by molar-refractivity contribution is 4.81. The maximum absolute atomic E-state index is 4.03. The Balaban J connectivity index is 1.74. The van der Waals surface area contributed by atoms with Crippen molar-refractivity contribution in [3.05, 3.63) is 12.2 Å². The number of aryl methyl sites for hydroxylation is 1. The molecular formula is C15H29N5. The molecule has 1 saturated heterocycles. The van der Waals surface area contributed by atoms with Crippen molar-refractivity contribution in [1.29, 1.82) is 0 Å². The quantitative estimate of drug-likeness (QED) is 0.793. The molecule has 0 radical (unpaired) electrons. The second kappa shape index (κ2) is 7.18. The molecule has 1 aliphatic heterocycles. The van der Waals surface area contributed by atoms with Gasteiger partial charge in [0.2, 0.25) is 0 Å². The van der Waals surface area contributed by atoms with Crippen LogP contribution in [0.25, 0.3) is 0 Å². The molecule has 2 rings (SSSR count). The van der Waals surface area contributed by atoms with E-state index in [4.69, 9.17) is 0 Å². The van der Waals surface area contributed by atoms with Gasteiger partial charge < -0.3 is 14.4 Å². The Morgan fingerprint density at radius 2 is 2.25 bits per heavy atom. The minimum absolute atomic E-state index is 0.683. The summed E-state index contributed by atoms with van der Waals surface area (Å²) in [4.78, 5) is 5.07. The standard InChI is InChI=1S/C15H29N5/c1-13(2)19-7-5-6-15(11-19)10-18(4)8-9-20-12-16-17-14(20)3/h12-13,15H,5-11H2,1-4H3. The van der Waals surface area contributed by atoms with Gasteiger partial charge in [-0.1, -0.05) is 0 Å². The number of rotatable bonds is 6. The second-order valence-corrected chi connectivity index (χ2v) is 6.43. The molecule has 20 heavy (non-hydrogen) atoms. The molecule has 1 atom stereocenters. The van der Waals surface area contributed by atoms with Crippen molar-refractivity contribution in [2.75, 3.05) is 33.2 Å². The predicted molar refractivity (Wildman–Crippen MR) is 81.7 cm³/mol. The molecule has 0 saturated carbocycles. The van der Waals surface area contributed by atoms with Crippen molar-refractivity contribution in [3.8, 4) is 0 Å². The Bertz CT molecular complexity index is 401. The van der Waals surface area contributed by atoms with Crippen LogP contribution < -0.4 is 0 Å². The van der Waals surface area contributed by atoms with E-state index in [-0.39, 0.29) is 0 Å². The Morgan fingerprint density at radius 1 is 1.45 bits per heavy atom. The molecule has 5 heteroatoms. The van der Waals surface area contributed by atoms with Crippen LogP contribution in [0.15, 0.2) is 6.33 Å². The highest BCUT2D eigenvalue weighted by Crippen LogP contribution is 2.19. The van der Waals surface area contributed by atoms with Crippen LogP contribution in [-0.2, 0) is 6.54 Å². The number of hydrogen-bond donors (Lipinski definition) is 0. The SMILES string of the molecule is Cc1nncn1CCN(C)CC1CCCN(C(C)C)C1. The third kappa shape index (κ3) is 4.28. The third-order valence-electron chi connectivity index (χ3n) is 4.38. The Kier molecular flexibility index (Phi) is 5.54. The monoisotopic (exact) mass is 279 g/mol. The van der Waals surface area contributed by atoms with Gasteiger partial charge in [-0.05, 0) is 53.1 Å². The van der Waals surface area contributed by atoms with Gasteiger partial charge in [-0.3, -0.25) is 0 Å². The van der Waals surface area contributed by atoms with Crippen LogP contribution in [0.2, 0.25) is 0 Å². The molecule has 2 heterocycles. The van der Waals surface area contributed by atoms with Crippen LogP contribution >= 0.6 is 0 Å². The lowest BCUT2D eigenvalue weighted by atomic mass is 9.96. The van der Waals surface area contributed by atoms with Gasteiger partial charge in [-0.15, -0.1) is 10.2 Å². The fraction of sp³-hybridized carbons (Fsp3) is 0.867. The van der Waals surface area contributed by atoms with Crippen LogP contribution in [0.3, 0.4) is 0 Å². The first-order valence-electron chi connectivity index (χ1n) is 7.83. The molecule has 0 aromatic carbocycles. The van der Waals surface area contributed by atoms with Crippen LogP contribution in [-0.4, -0.2) is 63.8 Å². The minimum atomic E-state index is 0.683. The fourth-order valence-corrected chi connectivity index (χ4v) is 3.06. The fourth-order valence-electron chi connectivity index (χ4n) is 3.06. The molecule has 1 unspecified atom stereocenters. The molecule has 0 N–H and O–H groups in total. The molecule has 1 aromatic heterocycles. The Labute approximate surface area is 123 Å². The summed E-state index contributed by atoms with van der Waals surface area (Å²) in [6, 6.07) is 0.683. The highest BCUT2D eigenvalue weighted by Gasteiger charge is 2.22. The average molecular weight is 279 g/mol. The first kappa shape index (κ1) is 15.4. The molecule has 5 nitrogen and oxygen atoms in total. The van der Waals surface area contributed by atoms with Crippen molar-refractivity contribution in [3.63, 3.8) is 0 Å². The summed E-state index contributed by atoms with van der Waals surface area (Å²) in [5.41, 5.74) is 0. The van der Waals surface area contributed by atoms with Crippen molar-refractivity contribution < 1.29 is 0 Å². The van der Waals surface area contributed by atoms with Gasteiger partial charge in [0, 0.05) is 32.2 Å². The number of nitrogens with zero attached hydrogens (tertiary/aromatic N) is 5. The van der Waals surface area contributed by atoms with Crippen LogP contribution in [0.5, 0.6) is 0 Å². The first-order valence-corrected chi connectivity index (χ1v) is 7.83. The van der Waals surface area contributed by atoms with E-state index in [1.807, 2.05) is 13.3 Å². The molecule has 0 aliphatic carbocycles. The highest BCUT2D eigenvalue weighted by atomic mass is 15.3. The number of piperidine rings is 1. The summed E-state index contributed by atoms with van der Waals surface area (Å²) >= 11 is 0. The summed E-state index contributed by atoms with van der Waals surface area (Å²) < 4.78 is 2.12. The molecule has 1 aromatic rings. The predicted octanol–water partition coefficient (Wildman–Crippen LogP) is 1.64. The van der Waals surface area contributed by atoms with Crippen LogP contribution in [0.1, 0.15) is 32.5 Å². The smallest absolute Gasteiger partial charge is 0.129 e. The molecule has 0 bridgehead atoms. The lowest BCUT2D eigenvalue weighted by Crippen LogP contribution is -2.43. The normalized spacial score (nSPS) is 21.0. The zero-order valence-electron chi connectivity index (χ0n) is 13.4. The summed E-state index contributed by atoms with van der Waals surface area (Å²) in [5, 5.41) is 7.96. The number of aromatic nitrogens is 3. The van der Waals surface area contributed by atoms with Crippen molar-refractivity contribution in [1.82, 2.24) is 24.6 Å². The minimum Gasteiger partial charge on any atom is -0.317 e. The molecule has 1 fully saturated rings. The van der Waals surface area contributed by atoms with Gasteiger partial charge in [0.05, 0.1) is 0 Å². The van der Waals surface area contributed by atoms with E-state index in [2.05, 4.69) is 45.5 Å². The zero-order valence-corrected chi connectivity index (χ0v) is 13.4. The summed E-state index contributed by atoms with van der Waals surface area (Å²) in [5.74, 6) is 1.82. The van der Waals surface area contributed by atoms with Gasteiger partial charge in [0.25, 0.3) is 0 Å². The van der Waals surface area contributed by atoms with E-state index in [9.17, 15) is 0 Å². The summed E-state index contributed by atoms with van der Waals surface area (Å²) in [7, 11) is 2.23. The Hall–Kier alpha value is -0.940. The molecule has 0 spiro atoms. The molecular weight excluding hydrogens is 250 g/mol. The van der Waals surface area contributed by atoms with Gasteiger partial charge in [-0.25, -0.2) is 0 Å². The van der Waals surface area contributed by atoms with Gasteiger partial charge >= 0.3 is 0 Å². The first-order chi connectivity index (χ1) is 9.56. The maximum atomic E-state index is 4.03. The van der Waals surface area contributed by atoms with Gasteiger partial charge in [0.1, 0.15) is 12.2 Å². The van der Waals surface area contributed by atoms with Crippen LogP contribution in [0, 0.1) is 12.8 Å². The number of hydrogen-bond acceptors (Lipinski definition) is 4. The van der Waals surface area contributed by atoms with Gasteiger partial charge in [-0.2, -0.15) is 0 Å². The molecule has 114 valence electrons. The van der Waals surface area contributed by atoms with E-state index in [1.54, 1.807) is 0 Å². The summed E-state index contributed by atoms with van der Waals surface area (Å²) in [6.07, 6.45) is 4.55. The zero-order chi connectivity index (χ0) is 14.5. The third-order valence-corrected chi connectivity index (χ3v) is 4.38. The van der Waals surface area contributed by atoms with E-state index >= 15 is 0 Å². The molecule has 0 amide bonds. The summed E-state index contributed by atoms with van der Waals surface area (Å²) in [6.45, 7) is 12.4. The number of likely N-dealkylation sites (N-methyl/N-ethyl adjacent to an activating group) is 1. The van der Waals surface area contributed by atoms with Crippen LogP contribution in [0.4, 0.5) is 0 Å². The second-order valence-electron chi connectivity index (χ2n) is 6.43. The lowest BCUT2D eigenvalue weighted by molar-refractivity contribution is 0.116. The van der Waals surface area contributed by atoms with E-state index in [1.165, 1.54) is 32.5 Å². The lowest BCUT2D eigenvalue weighted by Gasteiger charge is -2.37. The topological polar surface area (TPSA) is 37.2 Å². The van der Waals surface area contributed by atoms with E-state index in [0.717, 1.165) is 24.8 Å². The largest absolute Gasteiger partial charge is 0.317 e.